The summed E-state index contributed by atoms with van der Waals surface area (Å²) in [6, 6.07) is 7.14. The van der Waals surface area contributed by atoms with Gasteiger partial charge in [0.25, 0.3) is 0 Å². The summed E-state index contributed by atoms with van der Waals surface area (Å²) in [5, 5.41) is 10.1. The fourth-order valence-electron chi connectivity index (χ4n) is 0.983. The van der Waals surface area contributed by atoms with Crippen LogP contribution in [0.1, 0.15) is 0 Å². The number of anilines is 1. The Morgan fingerprint density at radius 1 is 1.33 bits per heavy atom. The van der Waals surface area contributed by atoms with E-state index in [1.165, 1.54) is 0 Å². The molecule has 0 heterocycles. The molecule has 0 bridgehead atoms. The third-order valence-electron chi connectivity index (χ3n) is 1.71. The molecule has 0 radical (unpaired) electrons. The molecule has 15 heavy (non-hydrogen) atoms. The van der Waals surface area contributed by atoms with Gasteiger partial charge in [-0.05, 0) is 24.3 Å². The first-order valence-corrected chi connectivity index (χ1v) is 4.19. The molecule has 1 aromatic carbocycles. The monoisotopic (exact) mass is 201 g/mol. The smallest absolute Gasteiger partial charge is 0.546 e. The quantitative estimate of drug-likeness (QED) is 0.484. The van der Waals surface area contributed by atoms with Gasteiger partial charge in [0.05, 0.1) is 5.97 Å². The normalized spacial score (nSPS) is 8.93. The molecular formula is C10H12LiNO3. The van der Waals surface area contributed by atoms with Crippen molar-refractivity contribution in [2.75, 3.05) is 25.6 Å². The van der Waals surface area contributed by atoms with Crippen LogP contribution in [0.3, 0.4) is 0 Å². The van der Waals surface area contributed by atoms with E-state index >= 15 is 0 Å². The molecule has 4 nitrogen and oxygen atoms in total. The van der Waals surface area contributed by atoms with Gasteiger partial charge in [-0.2, -0.15) is 0 Å². The molecule has 0 fully saturated rings. The Kier molecular flexibility index (Phi) is 5.91. The summed E-state index contributed by atoms with van der Waals surface area (Å²) in [5.74, 6) is -0.693. The number of carboxylic acids is 1. The number of rotatable bonds is 4. The van der Waals surface area contributed by atoms with Crippen LogP contribution in [-0.4, -0.2) is 26.7 Å². The van der Waals surface area contributed by atoms with Gasteiger partial charge in [0.15, 0.2) is 0 Å². The maximum absolute atomic E-state index is 10.1. The van der Waals surface area contributed by atoms with E-state index in [4.69, 9.17) is 4.74 Å². The average molecular weight is 201 g/mol. The molecular weight excluding hydrogens is 189 g/mol. The zero-order valence-electron chi connectivity index (χ0n) is 9.19. The van der Waals surface area contributed by atoms with Crippen molar-refractivity contribution in [3.63, 3.8) is 0 Å². The number of aliphatic carboxylic acids is 1. The molecule has 0 aliphatic carbocycles. The van der Waals surface area contributed by atoms with Gasteiger partial charge in [0, 0.05) is 19.8 Å². The first kappa shape index (κ1) is 13.9. The minimum Gasteiger partial charge on any atom is -0.546 e. The van der Waals surface area contributed by atoms with Crippen molar-refractivity contribution in [2.45, 2.75) is 0 Å². The largest absolute Gasteiger partial charge is 1.00 e. The molecule has 0 saturated carbocycles. The summed E-state index contributed by atoms with van der Waals surface area (Å²) in [7, 11) is 3.86. The maximum atomic E-state index is 10.1. The molecule has 0 aliphatic heterocycles. The molecule has 1 aromatic rings. The van der Waals surface area contributed by atoms with E-state index in [1.807, 2.05) is 31.1 Å². The van der Waals surface area contributed by atoms with Crippen LogP contribution in [0.5, 0.6) is 5.75 Å². The summed E-state index contributed by atoms with van der Waals surface area (Å²) in [4.78, 5) is 12.1. The second-order valence-corrected chi connectivity index (χ2v) is 3.05. The van der Waals surface area contributed by atoms with Gasteiger partial charge in [-0.1, -0.05) is 0 Å². The summed E-state index contributed by atoms with van der Waals surface area (Å²) in [6.45, 7) is -0.415. The maximum Gasteiger partial charge on any atom is 1.00 e. The zero-order valence-corrected chi connectivity index (χ0v) is 9.19. The number of ether oxygens (including phenoxy) is 1. The van der Waals surface area contributed by atoms with E-state index in [0.717, 1.165) is 5.69 Å². The summed E-state index contributed by atoms with van der Waals surface area (Å²) in [6.07, 6.45) is 0. The van der Waals surface area contributed by atoms with E-state index < -0.39 is 12.6 Å². The van der Waals surface area contributed by atoms with Gasteiger partial charge in [-0.15, -0.1) is 0 Å². The Morgan fingerprint density at radius 2 is 1.87 bits per heavy atom. The predicted octanol–water partition coefficient (Wildman–Crippen LogP) is -3.11. The number of benzene rings is 1. The van der Waals surface area contributed by atoms with E-state index in [2.05, 4.69) is 0 Å². The molecule has 0 N–H and O–H groups in total. The van der Waals surface area contributed by atoms with Crippen molar-refractivity contribution in [1.82, 2.24) is 0 Å². The van der Waals surface area contributed by atoms with Gasteiger partial charge in [-0.3, -0.25) is 0 Å². The Bertz CT molecular complexity index is 311. The number of hydrogen-bond donors (Lipinski definition) is 0. The van der Waals surface area contributed by atoms with E-state index in [1.54, 1.807) is 12.1 Å². The SMILES string of the molecule is CN(C)c1ccc(OCC(=O)[O-])cc1.[Li+]. The second kappa shape index (κ2) is 6.39. The Hall–Kier alpha value is -1.11. The number of carbonyl (C=O) groups is 1. The zero-order chi connectivity index (χ0) is 10.6. The molecule has 0 aliphatic rings. The van der Waals surface area contributed by atoms with E-state index in [9.17, 15) is 9.90 Å². The summed E-state index contributed by atoms with van der Waals surface area (Å²) < 4.78 is 4.92. The van der Waals surface area contributed by atoms with Gasteiger partial charge in [0.1, 0.15) is 12.4 Å². The second-order valence-electron chi connectivity index (χ2n) is 3.05. The van der Waals surface area contributed by atoms with Crippen LogP contribution in [0.25, 0.3) is 0 Å². The predicted molar refractivity (Wildman–Crippen MR) is 51.3 cm³/mol. The molecule has 0 amide bonds. The summed E-state index contributed by atoms with van der Waals surface area (Å²) >= 11 is 0. The third-order valence-corrected chi connectivity index (χ3v) is 1.71. The van der Waals surface area contributed by atoms with Crippen LogP contribution in [0.4, 0.5) is 5.69 Å². The van der Waals surface area contributed by atoms with Gasteiger partial charge in [0.2, 0.25) is 0 Å². The van der Waals surface area contributed by atoms with Crippen molar-refractivity contribution in [3.8, 4) is 5.75 Å². The minimum atomic E-state index is -1.22. The number of nitrogens with zero attached hydrogens (tertiary/aromatic N) is 1. The van der Waals surface area contributed by atoms with Crippen LogP contribution in [-0.2, 0) is 4.79 Å². The van der Waals surface area contributed by atoms with Crippen LogP contribution in [0.2, 0.25) is 0 Å². The molecule has 76 valence electrons. The first-order chi connectivity index (χ1) is 6.59. The molecule has 0 spiro atoms. The number of carboxylic acid groups (broad SMARTS) is 1. The molecule has 1 rings (SSSR count). The summed E-state index contributed by atoms with van der Waals surface area (Å²) in [5.41, 5.74) is 1.03. The number of hydrogen-bond acceptors (Lipinski definition) is 4. The van der Waals surface area contributed by atoms with Crippen molar-refractivity contribution >= 4 is 11.7 Å². The standard InChI is InChI=1S/C10H13NO3.Li/c1-11(2)8-3-5-9(6-4-8)14-7-10(12)13;/h3-6H,7H2,1-2H3,(H,12,13);/q;+1/p-1. The van der Waals surface area contributed by atoms with Crippen molar-refractivity contribution in [1.29, 1.82) is 0 Å². The van der Waals surface area contributed by atoms with Crippen LogP contribution in [0.15, 0.2) is 24.3 Å². The van der Waals surface area contributed by atoms with Crippen LogP contribution < -0.4 is 33.6 Å². The molecule has 0 saturated heterocycles. The van der Waals surface area contributed by atoms with Crippen LogP contribution in [0, 0.1) is 0 Å². The van der Waals surface area contributed by atoms with E-state index in [0.29, 0.717) is 5.75 Å². The number of carbonyl (C=O) groups excluding carboxylic acids is 1. The first-order valence-electron chi connectivity index (χ1n) is 4.19. The fraction of sp³-hybridized carbons (Fsp3) is 0.300. The average Bonchev–Trinajstić information content (AvgIpc) is 2.15. The minimum absolute atomic E-state index is 0. The topological polar surface area (TPSA) is 52.6 Å². The van der Waals surface area contributed by atoms with Crippen molar-refractivity contribution in [3.05, 3.63) is 24.3 Å². The third kappa shape index (κ3) is 4.77. The Labute approximate surface area is 101 Å². The molecule has 5 heteroatoms. The molecule has 0 unspecified atom stereocenters. The van der Waals surface area contributed by atoms with Crippen molar-refractivity contribution in [2.24, 2.45) is 0 Å². The van der Waals surface area contributed by atoms with Crippen molar-refractivity contribution < 1.29 is 33.5 Å². The van der Waals surface area contributed by atoms with Gasteiger partial charge < -0.3 is 19.5 Å². The fourth-order valence-corrected chi connectivity index (χ4v) is 0.983. The van der Waals surface area contributed by atoms with Crippen LogP contribution >= 0.6 is 0 Å². The van der Waals surface area contributed by atoms with E-state index in [-0.39, 0.29) is 18.9 Å². The Morgan fingerprint density at radius 3 is 2.27 bits per heavy atom. The molecule has 0 atom stereocenters. The Balaban J connectivity index is 0.00000196. The van der Waals surface area contributed by atoms with Gasteiger partial charge in [-0.25, -0.2) is 0 Å². The van der Waals surface area contributed by atoms with Gasteiger partial charge >= 0.3 is 18.9 Å². The molecule has 0 aromatic heterocycles.